The molecule has 0 spiro atoms. The van der Waals surface area contributed by atoms with Crippen molar-refractivity contribution in [1.29, 1.82) is 0 Å². The first-order valence-corrected chi connectivity index (χ1v) is 12.4. The van der Waals surface area contributed by atoms with Crippen molar-refractivity contribution in [2.75, 3.05) is 62.8 Å². The van der Waals surface area contributed by atoms with Gasteiger partial charge in [-0.3, -0.25) is 4.90 Å². The molecule has 1 aromatic heterocycles. The standard InChI is InChI=1S/C28H32F4N6/c1-19(16-34-26-8-5-20(14-25(26)29)21-6-9-27(33-2)35-17-21)36-23-7-4-22(24(15-23)28(30,31)32)18-38-12-10-37(3)11-13-38/h4-9,14-15,17,34,36H,1,10-13,16,18H2,2-3H3,(H,33,35). The zero-order valence-electron chi connectivity index (χ0n) is 21.5. The van der Waals surface area contributed by atoms with E-state index in [2.05, 4.69) is 32.4 Å². The van der Waals surface area contributed by atoms with Gasteiger partial charge in [-0.1, -0.05) is 18.7 Å². The Bertz CT molecular complexity index is 1250. The summed E-state index contributed by atoms with van der Waals surface area (Å²) in [7, 11) is 3.77. The van der Waals surface area contributed by atoms with Crippen LogP contribution in [0.25, 0.3) is 11.1 Å². The van der Waals surface area contributed by atoms with Crippen LogP contribution in [0.2, 0.25) is 0 Å². The van der Waals surface area contributed by atoms with Gasteiger partial charge in [-0.05, 0) is 54.6 Å². The quantitative estimate of drug-likeness (QED) is 0.309. The van der Waals surface area contributed by atoms with Gasteiger partial charge in [-0.15, -0.1) is 0 Å². The van der Waals surface area contributed by atoms with Crippen LogP contribution in [0.3, 0.4) is 0 Å². The van der Waals surface area contributed by atoms with E-state index in [1.54, 1.807) is 37.5 Å². The summed E-state index contributed by atoms with van der Waals surface area (Å²) in [6.07, 6.45) is -2.82. The molecule has 2 aromatic carbocycles. The second-order valence-corrected chi connectivity index (χ2v) is 9.41. The fraction of sp³-hybridized carbons (Fsp3) is 0.321. The average Bonchev–Trinajstić information content (AvgIpc) is 2.89. The molecular formula is C28H32F4N6. The highest BCUT2D eigenvalue weighted by atomic mass is 19.4. The number of alkyl halides is 3. The summed E-state index contributed by atoms with van der Waals surface area (Å²) in [6, 6.07) is 12.7. The van der Waals surface area contributed by atoms with E-state index in [1.165, 1.54) is 12.1 Å². The van der Waals surface area contributed by atoms with Gasteiger partial charge in [0, 0.05) is 62.9 Å². The number of anilines is 3. The summed E-state index contributed by atoms with van der Waals surface area (Å²) in [5, 5.41) is 8.80. The lowest BCUT2D eigenvalue weighted by atomic mass is 10.0. The highest BCUT2D eigenvalue weighted by Crippen LogP contribution is 2.35. The maximum absolute atomic E-state index is 14.7. The molecule has 1 fully saturated rings. The molecule has 1 aliphatic heterocycles. The third-order valence-electron chi connectivity index (χ3n) is 6.54. The maximum Gasteiger partial charge on any atom is 0.416 e. The smallest absolute Gasteiger partial charge is 0.377 e. The van der Waals surface area contributed by atoms with Crippen LogP contribution in [0.5, 0.6) is 0 Å². The van der Waals surface area contributed by atoms with Gasteiger partial charge in [0.05, 0.1) is 17.8 Å². The van der Waals surface area contributed by atoms with Gasteiger partial charge in [-0.25, -0.2) is 9.37 Å². The molecule has 1 aliphatic rings. The molecule has 0 amide bonds. The van der Waals surface area contributed by atoms with E-state index >= 15 is 0 Å². The second kappa shape index (κ2) is 11.8. The second-order valence-electron chi connectivity index (χ2n) is 9.41. The summed E-state index contributed by atoms with van der Waals surface area (Å²) in [6.45, 7) is 7.38. The van der Waals surface area contributed by atoms with E-state index in [0.717, 1.165) is 37.8 Å². The molecule has 0 aliphatic carbocycles. The minimum absolute atomic E-state index is 0.124. The third kappa shape index (κ3) is 7.02. The van der Waals surface area contributed by atoms with Gasteiger partial charge in [0.25, 0.3) is 0 Å². The third-order valence-corrected chi connectivity index (χ3v) is 6.54. The van der Waals surface area contributed by atoms with E-state index in [1.807, 2.05) is 18.0 Å². The summed E-state index contributed by atoms with van der Waals surface area (Å²) in [5.74, 6) is 0.256. The van der Waals surface area contributed by atoms with Crippen LogP contribution in [0.1, 0.15) is 11.1 Å². The molecule has 4 rings (SSSR count). The van der Waals surface area contributed by atoms with Crippen molar-refractivity contribution in [1.82, 2.24) is 14.8 Å². The molecule has 10 heteroatoms. The van der Waals surface area contributed by atoms with Crippen LogP contribution in [-0.4, -0.2) is 61.6 Å². The van der Waals surface area contributed by atoms with Gasteiger partial charge >= 0.3 is 6.18 Å². The summed E-state index contributed by atoms with van der Waals surface area (Å²) < 4.78 is 56.3. The van der Waals surface area contributed by atoms with Crippen molar-refractivity contribution < 1.29 is 17.6 Å². The van der Waals surface area contributed by atoms with Crippen molar-refractivity contribution in [3.8, 4) is 11.1 Å². The van der Waals surface area contributed by atoms with Crippen LogP contribution in [0, 0.1) is 5.82 Å². The Hall–Kier alpha value is -3.63. The molecular weight excluding hydrogens is 496 g/mol. The molecule has 2 heterocycles. The van der Waals surface area contributed by atoms with Gasteiger partial charge in [0.2, 0.25) is 0 Å². The summed E-state index contributed by atoms with van der Waals surface area (Å²) in [5.41, 5.74) is 1.97. The van der Waals surface area contributed by atoms with Crippen molar-refractivity contribution in [3.63, 3.8) is 0 Å². The van der Waals surface area contributed by atoms with Crippen LogP contribution in [-0.2, 0) is 12.7 Å². The van der Waals surface area contributed by atoms with Crippen molar-refractivity contribution >= 4 is 17.2 Å². The number of rotatable bonds is 9. The number of hydrogen-bond donors (Lipinski definition) is 3. The van der Waals surface area contributed by atoms with E-state index in [0.29, 0.717) is 17.1 Å². The topological polar surface area (TPSA) is 55.5 Å². The number of piperazine rings is 1. The number of aromatic nitrogens is 1. The molecule has 0 unspecified atom stereocenters. The van der Waals surface area contributed by atoms with Crippen LogP contribution >= 0.6 is 0 Å². The highest BCUT2D eigenvalue weighted by molar-refractivity contribution is 5.67. The Morgan fingerprint density at radius 3 is 2.37 bits per heavy atom. The fourth-order valence-electron chi connectivity index (χ4n) is 4.30. The molecule has 0 saturated carbocycles. The first-order valence-electron chi connectivity index (χ1n) is 12.4. The Labute approximate surface area is 220 Å². The fourth-order valence-corrected chi connectivity index (χ4v) is 4.30. The number of likely N-dealkylation sites (N-methyl/N-ethyl adjacent to an activating group) is 1. The SMILES string of the molecule is C=C(CNc1ccc(-c2ccc(NC)nc2)cc1F)Nc1ccc(CN2CCN(C)CC2)c(C(F)(F)F)c1. The van der Waals surface area contributed by atoms with E-state index in [4.69, 9.17) is 0 Å². The Morgan fingerprint density at radius 2 is 1.74 bits per heavy atom. The highest BCUT2D eigenvalue weighted by Gasteiger charge is 2.34. The lowest BCUT2D eigenvalue weighted by molar-refractivity contribution is -0.138. The number of benzene rings is 2. The normalized spacial score (nSPS) is 14.8. The minimum Gasteiger partial charge on any atom is -0.377 e. The number of nitrogens with one attached hydrogen (secondary N) is 3. The molecule has 38 heavy (non-hydrogen) atoms. The van der Waals surface area contributed by atoms with Gasteiger partial charge in [0.15, 0.2) is 0 Å². The molecule has 3 aromatic rings. The zero-order valence-corrected chi connectivity index (χ0v) is 21.5. The zero-order chi connectivity index (χ0) is 27.3. The van der Waals surface area contributed by atoms with Crippen LogP contribution in [0.4, 0.5) is 34.8 Å². The Kier molecular flexibility index (Phi) is 8.53. The predicted molar refractivity (Wildman–Crippen MR) is 145 cm³/mol. The van der Waals surface area contributed by atoms with Crippen molar-refractivity contribution in [3.05, 3.63) is 83.9 Å². The molecule has 0 radical (unpaired) electrons. The summed E-state index contributed by atoms with van der Waals surface area (Å²) in [4.78, 5) is 8.44. The first kappa shape index (κ1) is 27.4. The van der Waals surface area contributed by atoms with Gasteiger partial charge < -0.3 is 20.9 Å². The molecule has 0 bridgehead atoms. The molecule has 0 atom stereocenters. The number of pyridine rings is 1. The molecule has 202 valence electrons. The Morgan fingerprint density at radius 1 is 1.00 bits per heavy atom. The number of nitrogens with zero attached hydrogens (tertiary/aromatic N) is 3. The Balaban J connectivity index is 1.38. The van der Waals surface area contributed by atoms with Gasteiger partial charge in [0.1, 0.15) is 11.6 Å². The van der Waals surface area contributed by atoms with E-state index in [-0.39, 0.29) is 30.0 Å². The number of hydrogen-bond acceptors (Lipinski definition) is 6. The lowest BCUT2D eigenvalue weighted by Gasteiger charge is -2.33. The predicted octanol–water partition coefficient (Wildman–Crippen LogP) is 5.73. The van der Waals surface area contributed by atoms with E-state index < -0.39 is 17.6 Å². The van der Waals surface area contributed by atoms with E-state index in [9.17, 15) is 17.6 Å². The average molecular weight is 529 g/mol. The number of halogens is 4. The molecule has 3 N–H and O–H groups in total. The maximum atomic E-state index is 14.7. The van der Waals surface area contributed by atoms with Crippen molar-refractivity contribution in [2.45, 2.75) is 12.7 Å². The van der Waals surface area contributed by atoms with Crippen molar-refractivity contribution in [2.24, 2.45) is 0 Å². The minimum atomic E-state index is -4.48. The van der Waals surface area contributed by atoms with Crippen LogP contribution in [0.15, 0.2) is 67.0 Å². The summed E-state index contributed by atoms with van der Waals surface area (Å²) >= 11 is 0. The lowest BCUT2D eigenvalue weighted by Crippen LogP contribution is -2.44. The molecule has 1 saturated heterocycles. The molecule has 6 nitrogen and oxygen atoms in total. The largest absolute Gasteiger partial charge is 0.416 e. The first-order chi connectivity index (χ1) is 18.1. The van der Waals surface area contributed by atoms with Gasteiger partial charge in [-0.2, -0.15) is 13.2 Å². The monoisotopic (exact) mass is 528 g/mol. The van der Waals surface area contributed by atoms with Crippen LogP contribution < -0.4 is 16.0 Å².